The van der Waals surface area contributed by atoms with Gasteiger partial charge < -0.3 is 9.84 Å². The molecule has 18 heavy (non-hydrogen) atoms. The second kappa shape index (κ2) is 5.31. The fourth-order valence-corrected chi connectivity index (χ4v) is 2.87. The average Bonchev–Trinajstić information content (AvgIpc) is 2.72. The van der Waals surface area contributed by atoms with Crippen LogP contribution >= 0.6 is 0 Å². The highest BCUT2D eigenvalue weighted by Crippen LogP contribution is 2.43. The van der Waals surface area contributed by atoms with Crippen molar-refractivity contribution in [3.05, 3.63) is 29.8 Å². The lowest BCUT2D eigenvalue weighted by molar-refractivity contribution is 0.0394. The molecule has 0 spiro atoms. The SMILES string of the molecule is CCC1CCC(O)(c2cccc(OC(C)C)c2)C1. The van der Waals surface area contributed by atoms with Crippen LogP contribution in [0.25, 0.3) is 0 Å². The zero-order valence-corrected chi connectivity index (χ0v) is 11.6. The highest BCUT2D eigenvalue weighted by molar-refractivity contribution is 5.33. The molecular formula is C16H24O2. The Labute approximate surface area is 110 Å². The maximum atomic E-state index is 10.8. The minimum absolute atomic E-state index is 0.168. The van der Waals surface area contributed by atoms with Gasteiger partial charge in [-0.1, -0.05) is 25.5 Å². The molecule has 2 nitrogen and oxygen atoms in total. The lowest BCUT2D eigenvalue weighted by atomic mass is 9.90. The first kappa shape index (κ1) is 13.4. The third kappa shape index (κ3) is 2.86. The van der Waals surface area contributed by atoms with E-state index in [0.717, 1.165) is 37.0 Å². The van der Waals surface area contributed by atoms with Crippen molar-refractivity contribution in [2.45, 2.75) is 58.2 Å². The summed E-state index contributed by atoms with van der Waals surface area (Å²) < 4.78 is 5.70. The highest BCUT2D eigenvalue weighted by atomic mass is 16.5. The summed E-state index contributed by atoms with van der Waals surface area (Å²) in [7, 11) is 0. The van der Waals surface area contributed by atoms with Crippen LogP contribution in [0.5, 0.6) is 5.75 Å². The van der Waals surface area contributed by atoms with E-state index in [4.69, 9.17) is 4.74 Å². The van der Waals surface area contributed by atoms with Crippen molar-refractivity contribution >= 4 is 0 Å². The predicted molar refractivity (Wildman–Crippen MR) is 73.7 cm³/mol. The molecule has 1 aliphatic carbocycles. The summed E-state index contributed by atoms with van der Waals surface area (Å²) in [4.78, 5) is 0. The summed E-state index contributed by atoms with van der Waals surface area (Å²) >= 11 is 0. The molecule has 0 amide bonds. The summed E-state index contributed by atoms with van der Waals surface area (Å²) in [6.07, 6.45) is 4.21. The summed E-state index contributed by atoms with van der Waals surface area (Å²) in [6, 6.07) is 7.95. The molecule has 100 valence electrons. The quantitative estimate of drug-likeness (QED) is 0.876. The molecule has 2 rings (SSSR count). The monoisotopic (exact) mass is 248 g/mol. The standard InChI is InChI=1S/C16H24O2/c1-4-13-8-9-16(17,11-13)14-6-5-7-15(10-14)18-12(2)3/h5-7,10,12-13,17H,4,8-9,11H2,1-3H3. The van der Waals surface area contributed by atoms with Gasteiger partial charge in [-0.2, -0.15) is 0 Å². The normalized spacial score (nSPS) is 27.7. The molecule has 2 unspecified atom stereocenters. The Bertz CT molecular complexity index is 400. The average molecular weight is 248 g/mol. The Kier molecular flexibility index (Phi) is 3.96. The first-order chi connectivity index (χ1) is 8.53. The number of hydrogen-bond acceptors (Lipinski definition) is 2. The van der Waals surface area contributed by atoms with Crippen LogP contribution in [0, 0.1) is 5.92 Å². The van der Waals surface area contributed by atoms with Crippen molar-refractivity contribution in [2.75, 3.05) is 0 Å². The summed E-state index contributed by atoms with van der Waals surface area (Å²) in [5.74, 6) is 1.51. The molecule has 0 aliphatic heterocycles. The van der Waals surface area contributed by atoms with Crippen molar-refractivity contribution in [1.82, 2.24) is 0 Å². The van der Waals surface area contributed by atoms with Gasteiger partial charge in [-0.3, -0.25) is 0 Å². The van der Waals surface area contributed by atoms with Gasteiger partial charge in [0.15, 0.2) is 0 Å². The maximum absolute atomic E-state index is 10.8. The van der Waals surface area contributed by atoms with E-state index in [2.05, 4.69) is 6.92 Å². The van der Waals surface area contributed by atoms with Crippen LogP contribution in [-0.4, -0.2) is 11.2 Å². The maximum Gasteiger partial charge on any atom is 0.120 e. The van der Waals surface area contributed by atoms with Gasteiger partial charge in [0, 0.05) is 0 Å². The molecule has 1 aliphatic rings. The van der Waals surface area contributed by atoms with E-state index < -0.39 is 5.60 Å². The number of aliphatic hydroxyl groups is 1. The van der Waals surface area contributed by atoms with E-state index in [9.17, 15) is 5.11 Å². The van der Waals surface area contributed by atoms with Gasteiger partial charge in [0.05, 0.1) is 11.7 Å². The third-order valence-electron chi connectivity index (χ3n) is 3.91. The van der Waals surface area contributed by atoms with Gasteiger partial charge in [0.2, 0.25) is 0 Å². The minimum atomic E-state index is -0.642. The van der Waals surface area contributed by atoms with Crippen LogP contribution in [0.15, 0.2) is 24.3 Å². The molecule has 0 saturated heterocycles. The molecule has 1 saturated carbocycles. The van der Waals surface area contributed by atoms with Gasteiger partial charge >= 0.3 is 0 Å². The zero-order chi connectivity index (χ0) is 13.2. The molecular weight excluding hydrogens is 224 g/mol. The fourth-order valence-electron chi connectivity index (χ4n) is 2.87. The topological polar surface area (TPSA) is 29.5 Å². The van der Waals surface area contributed by atoms with Gasteiger partial charge in [0.1, 0.15) is 5.75 Å². The van der Waals surface area contributed by atoms with Crippen LogP contribution in [0.2, 0.25) is 0 Å². The van der Waals surface area contributed by atoms with E-state index in [1.54, 1.807) is 0 Å². The van der Waals surface area contributed by atoms with E-state index in [0.29, 0.717) is 5.92 Å². The summed E-state index contributed by atoms with van der Waals surface area (Å²) in [5.41, 5.74) is 0.369. The van der Waals surface area contributed by atoms with E-state index in [-0.39, 0.29) is 6.10 Å². The first-order valence-electron chi connectivity index (χ1n) is 7.03. The molecule has 0 aromatic heterocycles. The molecule has 0 heterocycles. The molecule has 1 aromatic rings. The van der Waals surface area contributed by atoms with Crippen molar-refractivity contribution in [3.8, 4) is 5.75 Å². The van der Waals surface area contributed by atoms with Crippen LogP contribution in [0.1, 0.15) is 52.0 Å². The van der Waals surface area contributed by atoms with Gasteiger partial charge in [-0.25, -0.2) is 0 Å². The highest BCUT2D eigenvalue weighted by Gasteiger charge is 2.38. The van der Waals surface area contributed by atoms with Gasteiger partial charge in [-0.15, -0.1) is 0 Å². The molecule has 1 fully saturated rings. The number of ether oxygens (including phenoxy) is 1. The van der Waals surface area contributed by atoms with Crippen LogP contribution in [-0.2, 0) is 5.60 Å². The van der Waals surface area contributed by atoms with Crippen molar-refractivity contribution in [3.63, 3.8) is 0 Å². The smallest absolute Gasteiger partial charge is 0.120 e. The Balaban J connectivity index is 2.18. The van der Waals surface area contributed by atoms with Gasteiger partial charge in [0.25, 0.3) is 0 Å². The number of hydrogen-bond donors (Lipinski definition) is 1. The summed E-state index contributed by atoms with van der Waals surface area (Å²) in [6.45, 7) is 6.24. The molecule has 2 atom stereocenters. The molecule has 0 bridgehead atoms. The Morgan fingerprint density at radius 1 is 1.44 bits per heavy atom. The Morgan fingerprint density at radius 2 is 2.22 bits per heavy atom. The lowest BCUT2D eigenvalue weighted by Crippen LogP contribution is -2.22. The van der Waals surface area contributed by atoms with Crippen LogP contribution < -0.4 is 4.74 Å². The van der Waals surface area contributed by atoms with E-state index >= 15 is 0 Å². The zero-order valence-electron chi connectivity index (χ0n) is 11.6. The van der Waals surface area contributed by atoms with Crippen molar-refractivity contribution < 1.29 is 9.84 Å². The molecule has 2 heteroatoms. The van der Waals surface area contributed by atoms with Crippen molar-refractivity contribution in [2.24, 2.45) is 5.92 Å². The summed E-state index contributed by atoms with van der Waals surface area (Å²) in [5, 5.41) is 10.8. The second-order valence-corrected chi connectivity index (χ2v) is 5.74. The van der Waals surface area contributed by atoms with Gasteiger partial charge in [-0.05, 0) is 56.7 Å². The Hall–Kier alpha value is -1.02. The van der Waals surface area contributed by atoms with E-state index in [1.807, 2.05) is 38.1 Å². The van der Waals surface area contributed by atoms with Crippen LogP contribution in [0.3, 0.4) is 0 Å². The molecule has 1 N–H and O–H groups in total. The third-order valence-corrected chi connectivity index (χ3v) is 3.91. The fraction of sp³-hybridized carbons (Fsp3) is 0.625. The largest absolute Gasteiger partial charge is 0.491 e. The molecule has 1 aromatic carbocycles. The predicted octanol–water partition coefficient (Wildman–Crippen LogP) is 3.87. The van der Waals surface area contributed by atoms with Crippen LogP contribution in [0.4, 0.5) is 0 Å². The first-order valence-corrected chi connectivity index (χ1v) is 7.03. The molecule has 0 radical (unpaired) electrons. The van der Waals surface area contributed by atoms with E-state index in [1.165, 1.54) is 0 Å². The Morgan fingerprint density at radius 3 is 2.83 bits per heavy atom. The lowest BCUT2D eigenvalue weighted by Gasteiger charge is -2.24. The number of benzene rings is 1. The number of rotatable bonds is 4. The van der Waals surface area contributed by atoms with Crippen molar-refractivity contribution in [1.29, 1.82) is 0 Å². The minimum Gasteiger partial charge on any atom is -0.491 e. The second-order valence-electron chi connectivity index (χ2n) is 5.74.